The smallest absolute Gasteiger partial charge is 0.271 e. The summed E-state index contributed by atoms with van der Waals surface area (Å²) in [6, 6.07) is 1.69. The predicted molar refractivity (Wildman–Crippen MR) is 81.0 cm³/mol. The number of amides is 1. The van der Waals surface area contributed by atoms with E-state index in [2.05, 4.69) is 31.4 Å². The summed E-state index contributed by atoms with van der Waals surface area (Å²) in [7, 11) is 0. The number of nitrogens with one attached hydrogen (secondary N) is 1. The van der Waals surface area contributed by atoms with Gasteiger partial charge in [0.05, 0.1) is 10.7 Å². The van der Waals surface area contributed by atoms with Gasteiger partial charge in [0.15, 0.2) is 0 Å². The minimum atomic E-state index is -0.174. The highest BCUT2D eigenvalue weighted by molar-refractivity contribution is 9.10. The molecular formula is C13H18BrN5O2. The molecule has 0 atom stereocenters. The SMILES string of the molecule is CCOCCCNC(=O)c1ccn(Cn2cc(Br)cn2)n1. The summed E-state index contributed by atoms with van der Waals surface area (Å²) in [5.41, 5.74) is 0.401. The van der Waals surface area contributed by atoms with Gasteiger partial charge in [-0.2, -0.15) is 10.2 Å². The third-order valence-corrected chi connectivity index (χ3v) is 3.13. The number of aromatic nitrogens is 4. The van der Waals surface area contributed by atoms with E-state index in [4.69, 9.17) is 4.74 Å². The molecule has 2 aromatic heterocycles. The summed E-state index contributed by atoms with van der Waals surface area (Å²) in [4.78, 5) is 11.9. The predicted octanol–water partition coefficient (Wildman–Crippen LogP) is 1.50. The summed E-state index contributed by atoms with van der Waals surface area (Å²) < 4.78 is 9.50. The van der Waals surface area contributed by atoms with Crippen LogP contribution < -0.4 is 5.32 Å². The lowest BCUT2D eigenvalue weighted by atomic mass is 10.4. The Bertz CT molecular complexity index is 581. The van der Waals surface area contributed by atoms with Crippen molar-refractivity contribution in [3.63, 3.8) is 0 Å². The first-order valence-electron chi connectivity index (χ1n) is 6.76. The normalized spacial score (nSPS) is 10.8. The first-order valence-corrected chi connectivity index (χ1v) is 7.55. The summed E-state index contributed by atoms with van der Waals surface area (Å²) in [6.07, 6.45) is 6.09. The Balaban J connectivity index is 1.80. The summed E-state index contributed by atoms with van der Waals surface area (Å²) in [6.45, 7) is 4.34. The lowest BCUT2D eigenvalue weighted by molar-refractivity contribution is 0.0938. The van der Waals surface area contributed by atoms with E-state index in [1.807, 2.05) is 13.1 Å². The van der Waals surface area contributed by atoms with Crippen LogP contribution in [0.2, 0.25) is 0 Å². The number of nitrogens with zero attached hydrogens (tertiary/aromatic N) is 4. The lowest BCUT2D eigenvalue weighted by Crippen LogP contribution is -2.26. The van der Waals surface area contributed by atoms with Crippen molar-refractivity contribution in [1.82, 2.24) is 24.9 Å². The van der Waals surface area contributed by atoms with Crippen molar-refractivity contribution >= 4 is 21.8 Å². The third-order valence-electron chi connectivity index (χ3n) is 2.72. The maximum atomic E-state index is 11.9. The van der Waals surface area contributed by atoms with Gasteiger partial charge in [-0.3, -0.25) is 9.48 Å². The van der Waals surface area contributed by atoms with Crippen LogP contribution >= 0.6 is 15.9 Å². The van der Waals surface area contributed by atoms with Crippen molar-refractivity contribution in [2.24, 2.45) is 0 Å². The number of hydrogen-bond donors (Lipinski definition) is 1. The Hall–Kier alpha value is -1.67. The summed E-state index contributed by atoms with van der Waals surface area (Å²) in [5.74, 6) is -0.174. The minimum absolute atomic E-state index is 0.174. The molecule has 2 aromatic rings. The molecule has 0 unspecified atom stereocenters. The Kier molecular flexibility index (Phi) is 5.94. The first kappa shape index (κ1) is 15.7. The summed E-state index contributed by atoms with van der Waals surface area (Å²) >= 11 is 3.33. The molecule has 0 saturated heterocycles. The second-order valence-corrected chi connectivity index (χ2v) is 5.30. The van der Waals surface area contributed by atoms with Crippen LogP contribution in [0.4, 0.5) is 0 Å². The number of halogens is 1. The Morgan fingerprint density at radius 2 is 2.33 bits per heavy atom. The van der Waals surface area contributed by atoms with Crippen LogP contribution in [0.1, 0.15) is 23.8 Å². The first-order chi connectivity index (χ1) is 10.2. The fourth-order valence-electron chi connectivity index (χ4n) is 1.74. The van der Waals surface area contributed by atoms with Crippen molar-refractivity contribution < 1.29 is 9.53 Å². The molecule has 2 heterocycles. The van der Waals surface area contributed by atoms with E-state index in [-0.39, 0.29) is 5.91 Å². The second kappa shape index (κ2) is 7.94. The molecule has 21 heavy (non-hydrogen) atoms. The van der Waals surface area contributed by atoms with E-state index in [1.54, 1.807) is 27.8 Å². The molecule has 1 amide bonds. The second-order valence-electron chi connectivity index (χ2n) is 4.39. The van der Waals surface area contributed by atoms with E-state index < -0.39 is 0 Å². The molecular weight excluding hydrogens is 338 g/mol. The molecule has 0 radical (unpaired) electrons. The van der Waals surface area contributed by atoms with E-state index >= 15 is 0 Å². The number of hydrogen-bond acceptors (Lipinski definition) is 4. The van der Waals surface area contributed by atoms with Gasteiger partial charge in [0, 0.05) is 32.2 Å². The van der Waals surface area contributed by atoms with Crippen LogP contribution in [0.5, 0.6) is 0 Å². The number of carbonyl (C=O) groups is 1. The number of ether oxygens (including phenoxy) is 1. The highest BCUT2D eigenvalue weighted by atomic mass is 79.9. The van der Waals surface area contributed by atoms with Crippen LogP contribution in [-0.4, -0.2) is 45.2 Å². The van der Waals surface area contributed by atoms with Crippen LogP contribution in [-0.2, 0) is 11.4 Å². The van der Waals surface area contributed by atoms with Gasteiger partial charge in [0.25, 0.3) is 5.91 Å². The van der Waals surface area contributed by atoms with Gasteiger partial charge in [-0.05, 0) is 35.3 Å². The molecule has 2 rings (SSSR count). The molecule has 8 heteroatoms. The average molecular weight is 356 g/mol. The quantitative estimate of drug-likeness (QED) is 0.728. The van der Waals surface area contributed by atoms with Crippen molar-refractivity contribution in [3.05, 3.63) is 34.8 Å². The van der Waals surface area contributed by atoms with Crippen LogP contribution in [0.3, 0.4) is 0 Å². The monoisotopic (exact) mass is 355 g/mol. The fourth-order valence-corrected chi connectivity index (χ4v) is 2.06. The number of carbonyl (C=O) groups excluding carboxylic acids is 1. The topological polar surface area (TPSA) is 74.0 Å². The molecule has 0 bridgehead atoms. The van der Waals surface area contributed by atoms with Crippen molar-refractivity contribution in [3.8, 4) is 0 Å². The van der Waals surface area contributed by atoms with Crippen LogP contribution in [0.15, 0.2) is 29.1 Å². The Morgan fingerprint density at radius 1 is 1.48 bits per heavy atom. The van der Waals surface area contributed by atoms with Gasteiger partial charge in [0.2, 0.25) is 0 Å². The van der Waals surface area contributed by atoms with Gasteiger partial charge in [-0.25, -0.2) is 4.68 Å². The molecule has 114 valence electrons. The Labute approximate surface area is 131 Å². The van der Waals surface area contributed by atoms with Gasteiger partial charge in [-0.15, -0.1) is 0 Å². The average Bonchev–Trinajstić information content (AvgIpc) is 3.08. The summed E-state index contributed by atoms with van der Waals surface area (Å²) in [5, 5.41) is 11.2. The van der Waals surface area contributed by atoms with Crippen molar-refractivity contribution in [1.29, 1.82) is 0 Å². The highest BCUT2D eigenvalue weighted by Crippen LogP contribution is 2.06. The van der Waals surface area contributed by atoms with E-state index in [9.17, 15) is 4.79 Å². The van der Waals surface area contributed by atoms with Crippen molar-refractivity contribution in [2.75, 3.05) is 19.8 Å². The maximum Gasteiger partial charge on any atom is 0.271 e. The van der Waals surface area contributed by atoms with E-state index in [0.717, 1.165) is 10.9 Å². The molecule has 0 saturated carbocycles. The lowest BCUT2D eigenvalue weighted by Gasteiger charge is -2.04. The largest absolute Gasteiger partial charge is 0.382 e. The molecule has 0 aromatic carbocycles. The molecule has 7 nitrogen and oxygen atoms in total. The third kappa shape index (κ3) is 4.98. The zero-order valence-corrected chi connectivity index (χ0v) is 13.4. The Morgan fingerprint density at radius 3 is 3.05 bits per heavy atom. The molecule has 0 aliphatic heterocycles. The minimum Gasteiger partial charge on any atom is -0.382 e. The van der Waals surface area contributed by atoms with Crippen LogP contribution in [0.25, 0.3) is 0 Å². The molecule has 0 spiro atoms. The molecule has 1 N–H and O–H groups in total. The van der Waals surface area contributed by atoms with Gasteiger partial charge >= 0.3 is 0 Å². The van der Waals surface area contributed by atoms with E-state index in [0.29, 0.717) is 32.1 Å². The van der Waals surface area contributed by atoms with Crippen molar-refractivity contribution in [2.45, 2.75) is 20.0 Å². The maximum absolute atomic E-state index is 11.9. The number of rotatable bonds is 8. The molecule has 0 aliphatic rings. The highest BCUT2D eigenvalue weighted by Gasteiger charge is 2.09. The van der Waals surface area contributed by atoms with Gasteiger partial charge in [-0.1, -0.05) is 0 Å². The molecule has 0 fully saturated rings. The zero-order valence-electron chi connectivity index (χ0n) is 11.8. The zero-order chi connectivity index (χ0) is 15.1. The molecule has 0 aliphatic carbocycles. The standard InChI is InChI=1S/C13H18BrN5O2/c1-2-21-7-3-5-15-13(20)12-4-6-18(17-12)10-19-9-11(14)8-16-19/h4,6,8-9H,2-3,5,7,10H2,1H3,(H,15,20). The fraction of sp³-hybridized carbons (Fsp3) is 0.462. The van der Waals surface area contributed by atoms with Gasteiger partial charge < -0.3 is 10.1 Å². The van der Waals surface area contributed by atoms with Gasteiger partial charge in [0.1, 0.15) is 12.4 Å². The van der Waals surface area contributed by atoms with E-state index in [1.165, 1.54) is 0 Å². The van der Waals surface area contributed by atoms with Crippen LogP contribution in [0, 0.1) is 0 Å².